The minimum atomic E-state index is -1.30. The van der Waals surface area contributed by atoms with Gasteiger partial charge in [0.25, 0.3) is 5.56 Å². The van der Waals surface area contributed by atoms with E-state index >= 15 is 0 Å². The Labute approximate surface area is 132 Å². The van der Waals surface area contributed by atoms with Crippen molar-refractivity contribution in [1.82, 2.24) is 9.55 Å². The van der Waals surface area contributed by atoms with Crippen LogP contribution in [-0.4, -0.2) is 20.6 Å². The molecular weight excluding hydrogens is 300 g/mol. The van der Waals surface area contributed by atoms with Gasteiger partial charge in [0, 0.05) is 11.3 Å². The lowest BCUT2D eigenvalue weighted by Gasteiger charge is -2.25. The molecule has 2 heterocycles. The van der Waals surface area contributed by atoms with E-state index in [0.717, 1.165) is 36.1 Å². The Hall–Kier alpha value is -1.69. The van der Waals surface area contributed by atoms with Gasteiger partial charge in [0.1, 0.15) is 16.2 Å². The fraction of sp³-hybridized carbons (Fsp3) is 0.562. The Morgan fingerprint density at radius 1 is 1.41 bits per heavy atom. The third kappa shape index (κ3) is 2.08. The normalized spacial score (nSPS) is 14.5. The first kappa shape index (κ1) is 15.2. The maximum Gasteiger partial charge on any atom is 0.329 e. The van der Waals surface area contributed by atoms with E-state index in [4.69, 9.17) is 0 Å². The fourth-order valence-corrected chi connectivity index (χ4v) is 4.42. The molecule has 2 aromatic rings. The van der Waals surface area contributed by atoms with Crippen LogP contribution < -0.4 is 5.56 Å². The Balaban J connectivity index is 2.38. The van der Waals surface area contributed by atoms with Crippen LogP contribution in [0.3, 0.4) is 0 Å². The van der Waals surface area contributed by atoms with Crippen LogP contribution in [0, 0.1) is 0 Å². The predicted octanol–water partition coefficient (Wildman–Crippen LogP) is 2.72. The molecule has 0 amide bonds. The second-order valence-corrected chi connectivity index (χ2v) is 7.40. The number of aliphatic carboxylic acids is 1. The van der Waals surface area contributed by atoms with Crippen LogP contribution in [-0.2, 0) is 29.6 Å². The molecule has 0 saturated carbocycles. The van der Waals surface area contributed by atoms with Gasteiger partial charge in [0.05, 0.1) is 5.39 Å². The summed E-state index contributed by atoms with van der Waals surface area (Å²) in [5, 5.41) is 10.2. The highest BCUT2D eigenvalue weighted by Crippen LogP contribution is 2.35. The van der Waals surface area contributed by atoms with Gasteiger partial charge in [-0.1, -0.05) is 6.92 Å². The largest absolute Gasteiger partial charge is 0.480 e. The smallest absolute Gasteiger partial charge is 0.329 e. The third-order valence-corrected chi connectivity index (χ3v) is 5.55. The number of hydrogen-bond acceptors (Lipinski definition) is 4. The predicted molar refractivity (Wildman–Crippen MR) is 86.9 cm³/mol. The van der Waals surface area contributed by atoms with E-state index in [-0.39, 0.29) is 5.56 Å². The molecule has 0 atom stereocenters. The monoisotopic (exact) mass is 320 g/mol. The van der Waals surface area contributed by atoms with E-state index in [1.807, 2.05) is 6.92 Å². The number of fused-ring (bicyclic) bond motifs is 3. The van der Waals surface area contributed by atoms with Crippen LogP contribution in [0.5, 0.6) is 0 Å². The molecule has 0 spiro atoms. The highest BCUT2D eigenvalue weighted by atomic mass is 32.1. The van der Waals surface area contributed by atoms with Gasteiger partial charge < -0.3 is 5.11 Å². The van der Waals surface area contributed by atoms with Gasteiger partial charge in [-0.2, -0.15) is 0 Å². The van der Waals surface area contributed by atoms with Crippen molar-refractivity contribution >= 4 is 27.5 Å². The number of carbonyl (C=O) groups is 1. The molecule has 2 aromatic heterocycles. The average molecular weight is 320 g/mol. The standard InChI is InChI=1S/C16H20N2O3S/c1-4-6-11-17-13-12(9-7-5-8-10(9)22-13)14(19)18(11)16(2,3)15(20)21/h4-8H2,1-3H3,(H,20,21). The lowest BCUT2D eigenvalue weighted by Crippen LogP contribution is -2.45. The van der Waals surface area contributed by atoms with Gasteiger partial charge in [0.2, 0.25) is 0 Å². The summed E-state index contributed by atoms with van der Waals surface area (Å²) in [6.45, 7) is 5.13. The molecule has 0 aromatic carbocycles. The Bertz CT molecular complexity index is 817. The number of aromatic nitrogens is 2. The van der Waals surface area contributed by atoms with Crippen molar-refractivity contribution in [3.05, 3.63) is 26.6 Å². The number of hydrogen-bond donors (Lipinski definition) is 1. The van der Waals surface area contributed by atoms with Crippen LogP contribution in [0.25, 0.3) is 10.2 Å². The summed E-state index contributed by atoms with van der Waals surface area (Å²) in [4.78, 5) is 31.4. The molecule has 3 rings (SSSR count). The Morgan fingerprint density at radius 3 is 2.77 bits per heavy atom. The lowest BCUT2D eigenvalue weighted by molar-refractivity contribution is -0.146. The molecule has 118 valence electrons. The molecule has 22 heavy (non-hydrogen) atoms. The zero-order chi connectivity index (χ0) is 16.1. The second kappa shape index (κ2) is 5.19. The molecule has 0 radical (unpaired) electrons. The Kier molecular flexibility index (Phi) is 3.59. The van der Waals surface area contributed by atoms with Gasteiger partial charge in [-0.15, -0.1) is 11.3 Å². The molecule has 1 aliphatic carbocycles. The molecule has 6 heteroatoms. The van der Waals surface area contributed by atoms with Crippen molar-refractivity contribution in [3.8, 4) is 0 Å². The van der Waals surface area contributed by atoms with Crippen molar-refractivity contribution in [2.24, 2.45) is 0 Å². The van der Waals surface area contributed by atoms with Crippen LogP contribution >= 0.6 is 11.3 Å². The average Bonchev–Trinajstić information content (AvgIpc) is 2.98. The minimum Gasteiger partial charge on any atom is -0.480 e. The summed E-state index contributed by atoms with van der Waals surface area (Å²) < 4.78 is 1.40. The zero-order valence-corrected chi connectivity index (χ0v) is 13.9. The first-order chi connectivity index (χ1) is 10.4. The van der Waals surface area contributed by atoms with Crippen molar-refractivity contribution in [2.45, 2.75) is 58.4 Å². The number of carboxylic acid groups (broad SMARTS) is 1. The highest BCUT2D eigenvalue weighted by Gasteiger charge is 2.34. The molecule has 1 aliphatic rings. The lowest BCUT2D eigenvalue weighted by atomic mass is 10.0. The SMILES string of the molecule is CCCc1nc2sc3c(c2c(=O)n1C(C)(C)C(=O)O)CCC3. The van der Waals surface area contributed by atoms with Gasteiger partial charge in [-0.05, 0) is 45.1 Å². The second-order valence-electron chi connectivity index (χ2n) is 6.32. The van der Waals surface area contributed by atoms with Gasteiger partial charge in [-0.25, -0.2) is 9.78 Å². The minimum absolute atomic E-state index is 0.194. The molecular formula is C16H20N2O3S. The van der Waals surface area contributed by atoms with Crippen LogP contribution in [0.15, 0.2) is 4.79 Å². The first-order valence-corrected chi connectivity index (χ1v) is 8.49. The molecule has 0 unspecified atom stereocenters. The van der Waals surface area contributed by atoms with E-state index in [2.05, 4.69) is 4.98 Å². The number of thiophene rings is 1. The molecule has 0 saturated heterocycles. The molecule has 5 nitrogen and oxygen atoms in total. The van der Waals surface area contributed by atoms with E-state index in [9.17, 15) is 14.7 Å². The van der Waals surface area contributed by atoms with E-state index in [0.29, 0.717) is 17.6 Å². The first-order valence-electron chi connectivity index (χ1n) is 7.68. The van der Waals surface area contributed by atoms with Crippen LogP contribution in [0.4, 0.5) is 0 Å². The molecule has 1 N–H and O–H groups in total. The third-order valence-electron chi connectivity index (χ3n) is 4.36. The molecule has 0 aliphatic heterocycles. The van der Waals surface area contributed by atoms with Crippen LogP contribution in [0.1, 0.15) is 49.9 Å². The molecule has 0 bridgehead atoms. The number of rotatable bonds is 4. The zero-order valence-electron chi connectivity index (χ0n) is 13.1. The Morgan fingerprint density at radius 2 is 2.14 bits per heavy atom. The van der Waals surface area contributed by atoms with Crippen molar-refractivity contribution in [2.75, 3.05) is 0 Å². The van der Waals surface area contributed by atoms with Crippen LogP contribution in [0.2, 0.25) is 0 Å². The van der Waals surface area contributed by atoms with Gasteiger partial charge in [-0.3, -0.25) is 9.36 Å². The summed E-state index contributed by atoms with van der Waals surface area (Å²) in [7, 11) is 0. The maximum absolute atomic E-state index is 13.1. The molecule has 0 fully saturated rings. The van der Waals surface area contributed by atoms with E-state index < -0.39 is 11.5 Å². The number of aryl methyl sites for hydroxylation is 3. The van der Waals surface area contributed by atoms with Crippen molar-refractivity contribution < 1.29 is 9.90 Å². The van der Waals surface area contributed by atoms with E-state index in [1.165, 1.54) is 9.44 Å². The van der Waals surface area contributed by atoms with Crippen molar-refractivity contribution in [1.29, 1.82) is 0 Å². The van der Waals surface area contributed by atoms with Gasteiger partial charge >= 0.3 is 5.97 Å². The number of nitrogens with zero attached hydrogens (tertiary/aromatic N) is 2. The summed E-state index contributed by atoms with van der Waals surface area (Å²) in [5.41, 5.74) is -0.397. The van der Waals surface area contributed by atoms with E-state index in [1.54, 1.807) is 25.2 Å². The summed E-state index contributed by atoms with van der Waals surface area (Å²) >= 11 is 1.60. The number of carboxylic acids is 1. The summed E-state index contributed by atoms with van der Waals surface area (Å²) in [5.74, 6) is -0.438. The summed E-state index contributed by atoms with van der Waals surface area (Å²) in [6, 6.07) is 0. The highest BCUT2D eigenvalue weighted by molar-refractivity contribution is 7.18. The summed E-state index contributed by atoms with van der Waals surface area (Å²) in [6.07, 6.45) is 4.38. The quantitative estimate of drug-likeness (QED) is 0.940. The topological polar surface area (TPSA) is 72.2 Å². The fourth-order valence-electron chi connectivity index (χ4n) is 3.15. The van der Waals surface area contributed by atoms with Gasteiger partial charge in [0.15, 0.2) is 0 Å². The van der Waals surface area contributed by atoms with Crippen molar-refractivity contribution in [3.63, 3.8) is 0 Å². The maximum atomic E-state index is 13.1.